The zero-order valence-electron chi connectivity index (χ0n) is 14.9. The maximum absolute atomic E-state index is 12.5. The van der Waals surface area contributed by atoms with Crippen LogP contribution < -0.4 is 0 Å². The summed E-state index contributed by atoms with van der Waals surface area (Å²) in [4.78, 5) is 17.1. The Morgan fingerprint density at radius 1 is 1.24 bits per heavy atom. The number of nitrogens with zero attached hydrogens (tertiary/aromatic N) is 1. The van der Waals surface area contributed by atoms with Gasteiger partial charge in [-0.3, -0.25) is 4.18 Å². The lowest BCUT2D eigenvalue weighted by molar-refractivity contribution is 0.0211. The molecule has 7 nitrogen and oxygen atoms in total. The Morgan fingerprint density at radius 2 is 1.96 bits per heavy atom. The van der Waals surface area contributed by atoms with Gasteiger partial charge >= 0.3 is 6.09 Å². The molecule has 0 spiro atoms. The Labute approximate surface area is 148 Å². The van der Waals surface area contributed by atoms with Crippen molar-refractivity contribution >= 4 is 27.1 Å². The molecule has 0 unspecified atom stereocenters. The SMILES string of the molecule is CC(C)(C)OC(=O)N(CCOS(C)(=O)=O)Cc1cccc2cc[nH]c12. The summed E-state index contributed by atoms with van der Waals surface area (Å²) in [6.45, 7) is 5.59. The van der Waals surface area contributed by atoms with Crippen LogP contribution in [0.5, 0.6) is 0 Å². The smallest absolute Gasteiger partial charge is 0.410 e. The first-order valence-electron chi connectivity index (χ1n) is 7.92. The molecule has 138 valence electrons. The Balaban J connectivity index is 2.18. The lowest BCUT2D eigenvalue weighted by Gasteiger charge is -2.27. The summed E-state index contributed by atoms with van der Waals surface area (Å²) in [5, 5.41) is 1.04. The summed E-state index contributed by atoms with van der Waals surface area (Å²) in [6.07, 6.45) is 2.29. The molecule has 0 radical (unpaired) electrons. The first-order chi connectivity index (χ1) is 11.6. The van der Waals surface area contributed by atoms with E-state index in [0.717, 1.165) is 22.7 Å². The van der Waals surface area contributed by atoms with Crippen LogP contribution in [0, 0.1) is 0 Å². The number of benzene rings is 1. The van der Waals surface area contributed by atoms with Gasteiger partial charge < -0.3 is 14.6 Å². The number of nitrogens with one attached hydrogen (secondary N) is 1. The van der Waals surface area contributed by atoms with Crippen LogP contribution in [-0.4, -0.2) is 49.4 Å². The van der Waals surface area contributed by atoms with Gasteiger partial charge in [-0.1, -0.05) is 18.2 Å². The number of aromatic nitrogens is 1. The second kappa shape index (κ2) is 7.45. The summed E-state index contributed by atoms with van der Waals surface area (Å²) < 4.78 is 32.5. The van der Waals surface area contributed by atoms with E-state index in [2.05, 4.69) is 4.98 Å². The van der Waals surface area contributed by atoms with Crippen LogP contribution in [0.3, 0.4) is 0 Å². The van der Waals surface area contributed by atoms with Crippen molar-refractivity contribution in [2.24, 2.45) is 0 Å². The van der Waals surface area contributed by atoms with Gasteiger partial charge in [0.05, 0.1) is 24.9 Å². The first-order valence-corrected chi connectivity index (χ1v) is 9.74. The Hall–Kier alpha value is -2.06. The van der Waals surface area contributed by atoms with Gasteiger partial charge in [0, 0.05) is 12.7 Å². The summed E-state index contributed by atoms with van der Waals surface area (Å²) in [6, 6.07) is 7.74. The molecular formula is C17H24N2O5S. The maximum Gasteiger partial charge on any atom is 0.410 e. The van der Waals surface area contributed by atoms with Crippen molar-refractivity contribution in [3.05, 3.63) is 36.0 Å². The lowest BCUT2D eigenvalue weighted by atomic mass is 10.1. The lowest BCUT2D eigenvalue weighted by Crippen LogP contribution is -2.38. The Kier molecular flexibility index (Phi) is 5.74. The van der Waals surface area contributed by atoms with E-state index in [-0.39, 0.29) is 19.7 Å². The van der Waals surface area contributed by atoms with E-state index < -0.39 is 21.8 Å². The van der Waals surface area contributed by atoms with Crippen molar-refractivity contribution in [2.75, 3.05) is 19.4 Å². The van der Waals surface area contributed by atoms with Crippen LogP contribution in [0.25, 0.3) is 10.9 Å². The fraction of sp³-hybridized carbons (Fsp3) is 0.471. The van der Waals surface area contributed by atoms with Crippen LogP contribution in [0.1, 0.15) is 26.3 Å². The van der Waals surface area contributed by atoms with Crippen molar-refractivity contribution in [3.63, 3.8) is 0 Å². The molecule has 1 aromatic carbocycles. The zero-order valence-corrected chi connectivity index (χ0v) is 15.7. The summed E-state index contributed by atoms with van der Waals surface area (Å²) in [5.74, 6) is 0. The molecule has 25 heavy (non-hydrogen) atoms. The van der Waals surface area contributed by atoms with Gasteiger partial charge in [0.15, 0.2) is 0 Å². The maximum atomic E-state index is 12.5. The largest absolute Gasteiger partial charge is 0.444 e. The van der Waals surface area contributed by atoms with Crippen LogP contribution in [0.15, 0.2) is 30.5 Å². The highest BCUT2D eigenvalue weighted by atomic mass is 32.2. The first kappa shape index (κ1) is 19.3. The number of para-hydroxylation sites is 1. The topological polar surface area (TPSA) is 88.7 Å². The van der Waals surface area contributed by atoms with Gasteiger partial charge in [-0.25, -0.2) is 4.79 Å². The van der Waals surface area contributed by atoms with Gasteiger partial charge in [-0.2, -0.15) is 8.42 Å². The highest BCUT2D eigenvalue weighted by Crippen LogP contribution is 2.20. The molecule has 1 heterocycles. The van der Waals surface area contributed by atoms with Crippen molar-refractivity contribution in [2.45, 2.75) is 32.9 Å². The average Bonchev–Trinajstić information content (AvgIpc) is 2.92. The van der Waals surface area contributed by atoms with Crippen molar-refractivity contribution in [1.82, 2.24) is 9.88 Å². The molecule has 0 aliphatic heterocycles. The average molecular weight is 368 g/mol. The molecule has 2 rings (SSSR count). The molecule has 1 N–H and O–H groups in total. The minimum atomic E-state index is -3.56. The van der Waals surface area contributed by atoms with Crippen LogP contribution in [-0.2, 0) is 25.6 Å². The molecule has 1 amide bonds. The minimum absolute atomic E-state index is 0.0963. The third-order valence-electron chi connectivity index (χ3n) is 3.35. The minimum Gasteiger partial charge on any atom is -0.444 e. The quantitative estimate of drug-likeness (QED) is 0.792. The number of aromatic amines is 1. The zero-order chi connectivity index (χ0) is 18.7. The number of carbonyl (C=O) groups excluding carboxylic acids is 1. The number of ether oxygens (including phenoxy) is 1. The standard InChI is InChI=1S/C17H24N2O5S/c1-17(2,3)24-16(20)19(10-11-23-25(4,21)22)12-14-7-5-6-13-8-9-18-15(13)14/h5-9,18H,10-12H2,1-4H3. The van der Waals surface area contributed by atoms with Crippen molar-refractivity contribution in [3.8, 4) is 0 Å². The van der Waals surface area contributed by atoms with Gasteiger partial charge in [-0.15, -0.1) is 0 Å². The monoisotopic (exact) mass is 368 g/mol. The molecule has 0 saturated heterocycles. The molecule has 0 atom stereocenters. The Bertz CT molecular complexity index is 836. The molecule has 1 aromatic heterocycles. The number of H-pyrrole nitrogens is 1. The van der Waals surface area contributed by atoms with E-state index in [0.29, 0.717) is 0 Å². The molecule has 0 fully saturated rings. The number of hydrogen-bond donors (Lipinski definition) is 1. The normalized spacial score (nSPS) is 12.3. The molecule has 2 aromatic rings. The van der Waals surface area contributed by atoms with Gasteiger partial charge in [-0.05, 0) is 37.8 Å². The predicted octanol–water partition coefficient (Wildman–Crippen LogP) is 2.88. The van der Waals surface area contributed by atoms with Crippen LogP contribution in [0.2, 0.25) is 0 Å². The fourth-order valence-corrected chi connectivity index (χ4v) is 2.72. The van der Waals surface area contributed by atoms with E-state index in [4.69, 9.17) is 8.92 Å². The third kappa shape index (κ3) is 6.06. The van der Waals surface area contributed by atoms with Crippen LogP contribution >= 0.6 is 0 Å². The molecule has 0 bridgehead atoms. The van der Waals surface area contributed by atoms with Crippen molar-refractivity contribution < 1.29 is 22.1 Å². The van der Waals surface area contributed by atoms with E-state index in [1.165, 1.54) is 4.90 Å². The van der Waals surface area contributed by atoms with E-state index in [9.17, 15) is 13.2 Å². The summed E-state index contributed by atoms with van der Waals surface area (Å²) in [7, 11) is -3.56. The number of carbonyl (C=O) groups is 1. The van der Waals surface area contributed by atoms with E-state index in [1.807, 2.05) is 30.5 Å². The number of amides is 1. The highest BCUT2D eigenvalue weighted by Gasteiger charge is 2.23. The number of hydrogen-bond acceptors (Lipinski definition) is 5. The molecular weight excluding hydrogens is 344 g/mol. The van der Waals surface area contributed by atoms with Crippen LogP contribution in [0.4, 0.5) is 4.79 Å². The molecule has 8 heteroatoms. The third-order valence-corrected chi connectivity index (χ3v) is 3.94. The highest BCUT2D eigenvalue weighted by molar-refractivity contribution is 7.85. The fourth-order valence-electron chi connectivity index (χ4n) is 2.35. The summed E-state index contributed by atoms with van der Waals surface area (Å²) in [5.41, 5.74) is 1.19. The molecule has 0 saturated carbocycles. The second-order valence-corrected chi connectivity index (χ2v) is 8.43. The van der Waals surface area contributed by atoms with Gasteiger partial charge in [0.1, 0.15) is 5.60 Å². The predicted molar refractivity (Wildman–Crippen MR) is 95.7 cm³/mol. The van der Waals surface area contributed by atoms with Crippen molar-refractivity contribution in [1.29, 1.82) is 0 Å². The summed E-state index contributed by atoms with van der Waals surface area (Å²) >= 11 is 0. The van der Waals surface area contributed by atoms with E-state index in [1.54, 1.807) is 20.8 Å². The second-order valence-electron chi connectivity index (χ2n) is 6.79. The molecule has 0 aliphatic rings. The van der Waals surface area contributed by atoms with E-state index >= 15 is 0 Å². The molecule has 0 aliphatic carbocycles. The number of fused-ring (bicyclic) bond motifs is 1. The number of rotatable bonds is 6. The van der Waals surface area contributed by atoms with Gasteiger partial charge in [0.25, 0.3) is 10.1 Å². The van der Waals surface area contributed by atoms with Gasteiger partial charge in [0.2, 0.25) is 0 Å². The Morgan fingerprint density at radius 3 is 2.60 bits per heavy atom.